The van der Waals surface area contributed by atoms with Gasteiger partial charge in [-0.3, -0.25) is 4.79 Å². The molecule has 2 rings (SSSR count). The van der Waals surface area contributed by atoms with Crippen molar-refractivity contribution in [1.82, 2.24) is 5.32 Å². The first kappa shape index (κ1) is 19.5. The van der Waals surface area contributed by atoms with Crippen LogP contribution in [0.5, 0.6) is 11.5 Å². The van der Waals surface area contributed by atoms with Crippen LogP contribution in [-0.4, -0.2) is 32.0 Å². The molecular formula is C21H25NO4. The van der Waals surface area contributed by atoms with E-state index in [0.29, 0.717) is 25.1 Å². The minimum absolute atomic E-state index is 0.0291. The van der Waals surface area contributed by atoms with Gasteiger partial charge in [-0.15, -0.1) is 0 Å². The molecule has 0 aromatic heterocycles. The van der Waals surface area contributed by atoms with Crippen LogP contribution in [-0.2, 0) is 22.4 Å². The average molecular weight is 355 g/mol. The highest BCUT2D eigenvalue weighted by atomic mass is 16.5. The van der Waals surface area contributed by atoms with Crippen LogP contribution in [0.4, 0.5) is 0 Å². The number of nitrogens with one attached hydrogen (secondary N) is 1. The molecule has 0 radical (unpaired) electrons. The summed E-state index contributed by atoms with van der Waals surface area (Å²) in [5.74, 6) is 1.47. The number of carbonyl (C=O) groups excluding carboxylic acids is 2. The molecule has 5 nitrogen and oxygen atoms in total. The molecule has 0 atom stereocenters. The summed E-state index contributed by atoms with van der Waals surface area (Å²) < 4.78 is 10.8. The number of rotatable bonds is 10. The number of hydrogen-bond acceptors (Lipinski definition) is 4. The van der Waals surface area contributed by atoms with Crippen LogP contribution >= 0.6 is 0 Å². The molecule has 5 heteroatoms. The van der Waals surface area contributed by atoms with Crippen LogP contribution in [0, 0.1) is 0 Å². The normalized spacial score (nSPS) is 10.2. The summed E-state index contributed by atoms with van der Waals surface area (Å²) in [6.07, 6.45) is 1.95. The van der Waals surface area contributed by atoms with Crippen LogP contribution in [0.3, 0.4) is 0 Å². The van der Waals surface area contributed by atoms with Gasteiger partial charge in [0.05, 0.1) is 7.11 Å². The van der Waals surface area contributed by atoms with Gasteiger partial charge in [-0.1, -0.05) is 30.3 Å². The standard InChI is InChI=1S/C21H25NO4/c1-16(23)7-8-17-9-11-19(12-10-17)26-15-21(24)22-14-13-18-5-3-4-6-20(18)25-2/h3-6,9-12H,7-8,13-15H2,1-2H3,(H,22,24). The zero-order chi connectivity index (χ0) is 18.8. The third-order valence-electron chi connectivity index (χ3n) is 3.97. The Bertz CT molecular complexity index is 725. The van der Waals surface area contributed by atoms with E-state index in [9.17, 15) is 9.59 Å². The molecule has 0 unspecified atom stereocenters. The number of Topliss-reactive ketones (excluding diaryl/α,β-unsaturated/α-hetero) is 1. The summed E-state index contributed by atoms with van der Waals surface area (Å²) in [4.78, 5) is 22.9. The molecule has 0 saturated heterocycles. The number of methoxy groups -OCH3 is 1. The number of para-hydroxylation sites is 1. The number of ketones is 1. The monoisotopic (exact) mass is 355 g/mol. The van der Waals surface area contributed by atoms with Gasteiger partial charge in [-0.05, 0) is 49.1 Å². The number of carbonyl (C=O) groups is 2. The molecule has 1 N–H and O–H groups in total. The topological polar surface area (TPSA) is 64.6 Å². The van der Waals surface area contributed by atoms with Gasteiger partial charge >= 0.3 is 0 Å². The van der Waals surface area contributed by atoms with Gasteiger partial charge in [0, 0.05) is 13.0 Å². The fraction of sp³-hybridized carbons (Fsp3) is 0.333. The van der Waals surface area contributed by atoms with Crippen LogP contribution in [0.2, 0.25) is 0 Å². The Morgan fingerprint density at radius 1 is 1.00 bits per heavy atom. The van der Waals surface area contributed by atoms with Gasteiger partial charge in [0.1, 0.15) is 17.3 Å². The van der Waals surface area contributed by atoms with Crippen LogP contribution in [0.1, 0.15) is 24.5 Å². The van der Waals surface area contributed by atoms with Crippen molar-refractivity contribution < 1.29 is 19.1 Å². The molecule has 2 aromatic rings. The van der Waals surface area contributed by atoms with Crippen molar-refractivity contribution in [3.05, 3.63) is 59.7 Å². The Morgan fingerprint density at radius 3 is 2.42 bits per heavy atom. The summed E-state index contributed by atoms with van der Waals surface area (Å²) in [5.41, 5.74) is 2.13. The van der Waals surface area contributed by atoms with Crippen molar-refractivity contribution in [3.63, 3.8) is 0 Å². The van der Waals surface area contributed by atoms with Gasteiger partial charge in [-0.25, -0.2) is 0 Å². The molecule has 26 heavy (non-hydrogen) atoms. The fourth-order valence-corrected chi connectivity index (χ4v) is 2.52. The van der Waals surface area contributed by atoms with Crippen molar-refractivity contribution in [1.29, 1.82) is 0 Å². The SMILES string of the molecule is COc1ccccc1CCNC(=O)COc1ccc(CCC(C)=O)cc1. The molecule has 0 saturated carbocycles. The van der Waals surface area contributed by atoms with Gasteiger partial charge in [0.2, 0.25) is 0 Å². The van der Waals surface area contributed by atoms with Crippen molar-refractivity contribution in [3.8, 4) is 11.5 Å². The smallest absolute Gasteiger partial charge is 0.257 e. The summed E-state index contributed by atoms with van der Waals surface area (Å²) in [7, 11) is 1.64. The summed E-state index contributed by atoms with van der Waals surface area (Å²) in [6.45, 7) is 2.08. The zero-order valence-corrected chi connectivity index (χ0v) is 15.3. The van der Waals surface area contributed by atoms with E-state index in [2.05, 4.69) is 5.32 Å². The largest absolute Gasteiger partial charge is 0.496 e. The maximum absolute atomic E-state index is 11.9. The van der Waals surface area contributed by atoms with E-state index < -0.39 is 0 Å². The molecule has 0 bridgehead atoms. The van der Waals surface area contributed by atoms with Crippen molar-refractivity contribution in [2.45, 2.75) is 26.2 Å². The molecular weight excluding hydrogens is 330 g/mol. The third kappa shape index (κ3) is 6.59. The second kappa shape index (κ2) is 10.2. The molecule has 0 aliphatic carbocycles. The first-order chi connectivity index (χ1) is 12.6. The third-order valence-corrected chi connectivity index (χ3v) is 3.97. The van der Waals surface area contributed by atoms with Crippen molar-refractivity contribution in [2.24, 2.45) is 0 Å². The molecule has 0 aliphatic rings. The second-order valence-electron chi connectivity index (χ2n) is 6.05. The van der Waals surface area contributed by atoms with Gasteiger partial charge in [-0.2, -0.15) is 0 Å². The Kier molecular flexibility index (Phi) is 7.68. The van der Waals surface area contributed by atoms with Crippen LogP contribution in [0.15, 0.2) is 48.5 Å². The lowest BCUT2D eigenvalue weighted by atomic mass is 10.1. The van der Waals surface area contributed by atoms with E-state index in [4.69, 9.17) is 9.47 Å². The van der Waals surface area contributed by atoms with E-state index in [0.717, 1.165) is 23.3 Å². The number of benzene rings is 2. The first-order valence-corrected chi connectivity index (χ1v) is 8.68. The minimum atomic E-state index is -0.166. The highest BCUT2D eigenvalue weighted by molar-refractivity contribution is 5.77. The van der Waals surface area contributed by atoms with E-state index in [1.54, 1.807) is 14.0 Å². The van der Waals surface area contributed by atoms with Crippen molar-refractivity contribution >= 4 is 11.7 Å². The summed E-state index contributed by atoms with van der Waals surface area (Å²) in [6, 6.07) is 15.2. The molecule has 0 fully saturated rings. The van der Waals surface area contributed by atoms with E-state index in [1.807, 2.05) is 48.5 Å². The maximum atomic E-state index is 11.9. The number of amides is 1. The Morgan fingerprint density at radius 2 is 1.73 bits per heavy atom. The predicted molar refractivity (Wildman–Crippen MR) is 101 cm³/mol. The van der Waals surface area contributed by atoms with E-state index in [1.165, 1.54) is 0 Å². The molecule has 138 valence electrons. The highest BCUT2D eigenvalue weighted by Crippen LogP contribution is 2.17. The lowest BCUT2D eigenvalue weighted by Gasteiger charge is -2.10. The highest BCUT2D eigenvalue weighted by Gasteiger charge is 2.05. The fourth-order valence-electron chi connectivity index (χ4n) is 2.52. The van der Waals surface area contributed by atoms with Crippen LogP contribution in [0.25, 0.3) is 0 Å². The Hall–Kier alpha value is -2.82. The van der Waals surface area contributed by atoms with Gasteiger partial charge < -0.3 is 19.6 Å². The Balaban J connectivity index is 1.70. The van der Waals surface area contributed by atoms with E-state index >= 15 is 0 Å². The first-order valence-electron chi connectivity index (χ1n) is 8.68. The second-order valence-corrected chi connectivity index (χ2v) is 6.05. The summed E-state index contributed by atoms with van der Waals surface area (Å²) >= 11 is 0. The predicted octanol–water partition coefficient (Wildman–Crippen LogP) is 2.95. The number of hydrogen-bond donors (Lipinski definition) is 1. The van der Waals surface area contributed by atoms with Crippen LogP contribution < -0.4 is 14.8 Å². The van der Waals surface area contributed by atoms with E-state index in [-0.39, 0.29) is 18.3 Å². The lowest BCUT2D eigenvalue weighted by Crippen LogP contribution is -2.30. The lowest BCUT2D eigenvalue weighted by molar-refractivity contribution is -0.123. The van der Waals surface area contributed by atoms with Gasteiger partial charge in [0.25, 0.3) is 5.91 Å². The minimum Gasteiger partial charge on any atom is -0.496 e. The quantitative estimate of drug-likeness (QED) is 0.712. The number of aryl methyl sites for hydroxylation is 1. The Labute approximate surface area is 154 Å². The molecule has 2 aromatic carbocycles. The molecule has 0 spiro atoms. The summed E-state index contributed by atoms with van der Waals surface area (Å²) in [5, 5.41) is 2.84. The molecule has 0 aliphatic heterocycles. The maximum Gasteiger partial charge on any atom is 0.257 e. The zero-order valence-electron chi connectivity index (χ0n) is 15.3. The van der Waals surface area contributed by atoms with Crippen molar-refractivity contribution in [2.75, 3.05) is 20.3 Å². The average Bonchev–Trinajstić information content (AvgIpc) is 2.66. The number of ether oxygens (including phenoxy) is 2. The molecule has 0 heterocycles. The van der Waals surface area contributed by atoms with Gasteiger partial charge in [0.15, 0.2) is 6.61 Å². The molecule has 1 amide bonds.